The molecule has 19 heavy (non-hydrogen) atoms. The molecule has 0 heterocycles. The second kappa shape index (κ2) is 6.33. The SMILES string of the molecule is Cc1ccc(N(N)c2cccc(SC(C)Cl)c2)cc1. The summed E-state index contributed by atoms with van der Waals surface area (Å²) in [6, 6.07) is 16.2. The van der Waals surface area contributed by atoms with Gasteiger partial charge in [0.25, 0.3) is 0 Å². The van der Waals surface area contributed by atoms with E-state index in [4.69, 9.17) is 17.4 Å². The predicted octanol–water partition coefficient (Wildman–Crippen LogP) is 4.68. The molecule has 0 aliphatic heterocycles. The van der Waals surface area contributed by atoms with E-state index in [9.17, 15) is 0 Å². The highest BCUT2D eigenvalue weighted by Gasteiger charge is 2.06. The largest absolute Gasteiger partial charge is 0.280 e. The predicted molar refractivity (Wildman–Crippen MR) is 85.1 cm³/mol. The van der Waals surface area contributed by atoms with Crippen LogP contribution in [-0.4, -0.2) is 4.71 Å². The lowest BCUT2D eigenvalue weighted by Gasteiger charge is -2.19. The lowest BCUT2D eigenvalue weighted by molar-refractivity contribution is 1.08. The Bertz CT molecular complexity index is 540. The highest BCUT2D eigenvalue weighted by atomic mass is 35.5. The Morgan fingerprint density at radius 1 is 1.11 bits per heavy atom. The number of hydrogen-bond acceptors (Lipinski definition) is 3. The first-order valence-electron chi connectivity index (χ1n) is 6.08. The van der Waals surface area contributed by atoms with Crippen LogP contribution in [0.5, 0.6) is 0 Å². The van der Waals surface area contributed by atoms with E-state index in [2.05, 4.69) is 19.1 Å². The average Bonchev–Trinajstić information content (AvgIpc) is 2.38. The molecule has 0 aliphatic carbocycles. The van der Waals surface area contributed by atoms with E-state index in [0.717, 1.165) is 16.3 Å². The number of nitrogens with two attached hydrogens (primary N) is 1. The van der Waals surface area contributed by atoms with Gasteiger partial charge in [-0.15, -0.1) is 23.4 Å². The van der Waals surface area contributed by atoms with E-state index in [1.54, 1.807) is 16.8 Å². The highest BCUT2D eigenvalue weighted by molar-refractivity contribution is 8.01. The van der Waals surface area contributed by atoms with E-state index < -0.39 is 0 Å². The van der Waals surface area contributed by atoms with E-state index in [1.165, 1.54) is 5.56 Å². The number of nitrogens with zero attached hydrogens (tertiary/aromatic N) is 1. The van der Waals surface area contributed by atoms with Gasteiger partial charge in [-0.3, -0.25) is 5.01 Å². The molecule has 100 valence electrons. The van der Waals surface area contributed by atoms with Gasteiger partial charge in [0, 0.05) is 4.90 Å². The molecule has 0 aromatic heterocycles. The van der Waals surface area contributed by atoms with Crippen molar-refractivity contribution in [2.75, 3.05) is 5.01 Å². The molecule has 2 aromatic rings. The van der Waals surface area contributed by atoms with Crippen molar-refractivity contribution in [2.45, 2.75) is 23.5 Å². The van der Waals surface area contributed by atoms with Gasteiger partial charge in [0.1, 0.15) is 0 Å². The quantitative estimate of drug-likeness (QED) is 0.384. The van der Waals surface area contributed by atoms with Crippen LogP contribution >= 0.6 is 23.4 Å². The van der Waals surface area contributed by atoms with Crippen molar-refractivity contribution in [3.05, 3.63) is 54.1 Å². The van der Waals surface area contributed by atoms with E-state index in [0.29, 0.717) is 0 Å². The molecule has 0 spiro atoms. The van der Waals surface area contributed by atoms with Gasteiger partial charge in [0.05, 0.1) is 16.1 Å². The van der Waals surface area contributed by atoms with Gasteiger partial charge in [-0.05, 0) is 44.2 Å². The Balaban J connectivity index is 2.23. The average molecular weight is 293 g/mol. The van der Waals surface area contributed by atoms with E-state index >= 15 is 0 Å². The van der Waals surface area contributed by atoms with Crippen molar-refractivity contribution in [3.8, 4) is 0 Å². The Labute approximate surface area is 123 Å². The van der Waals surface area contributed by atoms with Crippen molar-refractivity contribution >= 4 is 34.7 Å². The van der Waals surface area contributed by atoms with Gasteiger partial charge in [-0.1, -0.05) is 23.8 Å². The minimum Gasteiger partial charge on any atom is -0.280 e. The van der Waals surface area contributed by atoms with Crippen LogP contribution in [0.25, 0.3) is 0 Å². The fourth-order valence-electron chi connectivity index (χ4n) is 1.75. The molecule has 4 heteroatoms. The first-order valence-corrected chi connectivity index (χ1v) is 7.40. The van der Waals surface area contributed by atoms with Gasteiger partial charge in [0.15, 0.2) is 0 Å². The summed E-state index contributed by atoms with van der Waals surface area (Å²) >= 11 is 7.61. The molecule has 1 atom stereocenters. The number of hydrogen-bond donors (Lipinski definition) is 1. The second-order valence-corrected chi connectivity index (χ2v) is 6.69. The number of aryl methyl sites for hydroxylation is 1. The van der Waals surface area contributed by atoms with Crippen molar-refractivity contribution in [1.82, 2.24) is 0 Å². The maximum Gasteiger partial charge on any atom is 0.0807 e. The van der Waals surface area contributed by atoms with Crippen molar-refractivity contribution in [2.24, 2.45) is 5.84 Å². The Hall–Kier alpha value is -1.16. The number of rotatable bonds is 4. The molecule has 0 aliphatic rings. The Kier molecular flexibility index (Phi) is 4.75. The van der Waals surface area contributed by atoms with Crippen LogP contribution in [0, 0.1) is 6.92 Å². The molecular weight excluding hydrogens is 276 g/mol. The fraction of sp³-hybridized carbons (Fsp3) is 0.200. The fourth-order valence-corrected chi connectivity index (χ4v) is 2.78. The number of benzene rings is 2. The molecule has 1 unspecified atom stereocenters. The minimum atomic E-state index is 0.0425. The van der Waals surface area contributed by atoms with Gasteiger partial charge in [-0.2, -0.15) is 0 Å². The van der Waals surface area contributed by atoms with Gasteiger partial charge >= 0.3 is 0 Å². The van der Waals surface area contributed by atoms with Gasteiger partial charge in [-0.25, -0.2) is 5.84 Å². The normalized spacial score (nSPS) is 12.2. The molecule has 2 nitrogen and oxygen atoms in total. The van der Waals surface area contributed by atoms with Crippen LogP contribution in [-0.2, 0) is 0 Å². The molecule has 0 saturated heterocycles. The summed E-state index contributed by atoms with van der Waals surface area (Å²) in [6.07, 6.45) is 0. The number of halogens is 1. The van der Waals surface area contributed by atoms with Crippen LogP contribution in [0.1, 0.15) is 12.5 Å². The van der Waals surface area contributed by atoms with Crippen molar-refractivity contribution in [3.63, 3.8) is 0 Å². The Morgan fingerprint density at radius 2 is 1.79 bits per heavy atom. The zero-order valence-electron chi connectivity index (χ0n) is 11.0. The van der Waals surface area contributed by atoms with E-state index in [1.807, 2.05) is 43.3 Å². The highest BCUT2D eigenvalue weighted by Crippen LogP contribution is 2.30. The molecular formula is C15H17ClN2S. The van der Waals surface area contributed by atoms with Crippen LogP contribution in [0.4, 0.5) is 11.4 Å². The molecule has 0 fully saturated rings. The standard InChI is InChI=1S/C15H17ClN2S/c1-11-6-8-13(9-7-11)18(17)14-4-3-5-15(10-14)19-12(2)16/h3-10,12H,17H2,1-2H3. The molecule has 0 bridgehead atoms. The number of hydrazine groups is 1. The smallest absolute Gasteiger partial charge is 0.0807 e. The third kappa shape index (κ3) is 3.90. The minimum absolute atomic E-state index is 0.0425. The zero-order valence-corrected chi connectivity index (χ0v) is 12.6. The van der Waals surface area contributed by atoms with Crippen LogP contribution in [0.15, 0.2) is 53.4 Å². The van der Waals surface area contributed by atoms with Gasteiger partial charge in [0.2, 0.25) is 0 Å². The summed E-state index contributed by atoms with van der Waals surface area (Å²) in [4.78, 5) is 1.11. The molecule has 2 aromatic carbocycles. The summed E-state index contributed by atoms with van der Waals surface area (Å²) in [7, 11) is 0. The van der Waals surface area contributed by atoms with Gasteiger partial charge < -0.3 is 0 Å². The van der Waals surface area contributed by atoms with Crippen LogP contribution in [0.3, 0.4) is 0 Å². The first-order chi connectivity index (χ1) is 9.06. The lowest BCUT2D eigenvalue weighted by atomic mass is 10.2. The zero-order chi connectivity index (χ0) is 13.8. The molecule has 0 amide bonds. The third-order valence-corrected chi connectivity index (χ3v) is 3.82. The molecule has 2 N–H and O–H groups in total. The van der Waals surface area contributed by atoms with E-state index in [-0.39, 0.29) is 4.71 Å². The monoisotopic (exact) mass is 292 g/mol. The maximum atomic E-state index is 6.16. The van der Waals surface area contributed by atoms with Crippen LogP contribution in [0.2, 0.25) is 0 Å². The van der Waals surface area contributed by atoms with Crippen molar-refractivity contribution < 1.29 is 0 Å². The topological polar surface area (TPSA) is 29.3 Å². The molecule has 2 rings (SSSR count). The summed E-state index contributed by atoms with van der Waals surface area (Å²) in [5.74, 6) is 6.16. The Morgan fingerprint density at radius 3 is 2.42 bits per heavy atom. The first kappa shape index (κ1) is 14.3. The summed E-state index contributed by atoms with van der Waals surface area (Å²) < 4.78 is 0.0425. The lowest BCUT2D eigenvalue weighted by Crippen LogP contribution is -2.24. The maximum absolute atomic E-state index is 6.16. The molecule has 0 radical (unpaired) electrons. The summed E-state index contributed by atoms with van der Waals surface area (Å²) in [5.41, 5.74) is 3.13. The number of alkyl halides is 1. The third-order valence-electron chi connectivity index (χ3n) is 2.71. The summed E-state index contributed by atoms with van der Waals surface area (Å²) in [5, 5.41) is 1.68. The summed E-state index contributed by atoms with van der Waals surface area (Å²) in [6.45, 7) is 4.02. The van der Waals surface area contributed by atoms with Crippen LogP contribution < -0.4 is 10.9 Å². The molecule has 0 saturated carbocycles. The number of thioether (sulfide) groups is 1. The van der Waals surface area contributed by atoms with Crippen molar-refractivity contribution in [1.29, 1.82) is 0 Å². The number of anilines is 2. The second-order valence-electron chi connectivity index (χ2n) is 4.36.